The number of hydrogen-bond donors (Lipinski definition) is 2. The number of aryl methyl sites for hydroxylation is 2. The molecule has 1 atom stereocenters. The molecule has 0 saturated carbocycles. The minimum atomic E-state index is -0.371. The average Bonchev–Trinajstić information content (AvgIpc) is 2.61. The lowest BCUT2D eigenvalue weighted by Gasteiger charge is -2.21. The van der Waals surface area contributed by atoms with E-state index in [0.29, 0.717) is 10.7 Å². The molecule has 0 aliphatic carbocycles. The summed E-state index contributed by atoms with van der Waals surface area (Å²) in [5.41, 5.74) is 4.98. The van der Waals surface area contributed by atoms with Gasteiger partial charge in [0.05, 0.1) is 18.7 Å². The normalized spacial score (nSPS) is 11.5. The molecule has 0 fully saturated rings. The van der Waals surface area contributed by atoms with Crippen LogP contribution in [-0.2, 0) is 4.74 Å². The molecule has 2 aromatic rings. The van der Waals surface area contributed by atoms with Crippen molar-refractivity contribution in [2.24, 2.45) is 0 Å². The van der Waals surface area contributed by atoms with Crippen LogP contribution in [0.1, 0.15) is 46.4 Å². The van der Waals surface area contributed by atoms with Gasteiger partial charge in [-0.15, -0.1) is 0 Å². The van der Waals surface area contributed by atoms with Gasteiger partial charge >= 0.3 is 5.97 Å². The van der Waals surface area contributed by atoms with Crippen LogP contribution in [-0.4, -0.2) is 18.2 Å². The molecule has 2 N–H and O–H groups in total. The van der Waals surface area contributed by atoms with Crippen molar-refractivity contribution >= 4 is 29.0 Å². The van der Waals surface area contributed by atoms with Gasteiger partial charge in [0, 0.05) is 5.69 Å². The number of benzene rings is 2. The number of anilines is 1. The van der Waals surface area contributed by atoms with Crippen LogP contribution in [0.4, 0.5) is 5.69 Å². The summed E-state index contributed by atoms with van der Waals surface area (Å²) < 4.78 is 4.74. The maximum Gasteiger partial charge on any atom is 0.337 e. The van der Waals surface area contributed by atoms with Gasteiger partial charge in [0.2, 0.25) is 0 Å². The second-order valence-electron chi connectivity index (χ2n) is 5.98. The Morgan fingerprint density at radius 3 is 2.56 bits per heavy atom. The number of nitrogens with one attached hydrogen (secondary N) is 2. The smallest absolute Gasteiger partial charge is 0.337 e. The first kappa shape index (κ1) is 18.9. The fourth-order valence-electron chi connectivity index (χ4n) is 2.57. The largest absolute Gasteiger partial charge is 0.465 e. The monoisotopic (exact) mass is 356 g/mol. The molecular formula is C20H24N2O2S. The maximum atomic E-state index is 11.6. The Labute approximate surface area is 154 Å². The van der Waals surface area contributed by atoms with E-state index in [1.165, 1.54) is 23.8 Å². The van der Waals surface area contributed by atoms with Gasteiger partial charge in [-0.05, 0) is 67.4 Å². The topological polar surface area (TPSA) is 50.4 Å². The molecule has 0 aromatic heterocycles. The molecule has 0 aliphatic rings. The van der Waals surface area contributed by atoms with Gasteiger partial charge in [-0.1, -0.05) is 31.2 Å². The predicted octanol–water partition coefficient (Wildman–Crippen LogP) is 4.53. The number of thiocarbonyl (C=S) groups is 1. The van der Waals surface area contributed by atoms with E-state index in [-0.39, 0.29) is 12.0 Å². The van der Waals surface area contributed by atoms with Crippen LogP contribution < -0.4 is 10.6 Å². The van der Waals surface area contributed by atoms with Crippen molar-refractivity contribution in [1.82, 2.24) is 5.32 Å². The van der Waals surface area contributed by atoms with Crippen LogP contribution in [0.2, 0.25) is 0 Å². The van der Waals surface area contributed by atoms with Gasteiger partial charge in [-0.25, -0.2) is 4.79 Å². The first-order valence-corrected chi connectivity index (χ1v) is 8.68. The zero-order valence-corrected chi connectivity index (χ0v) is 15.9. The zero-order chi connectivity index (χ0) is 18.4. The van der Waals surface area contributed by atoms with Crippen LogP contribution >= 0.6 is 12.2 Å². The molecule has 0 amide bonds. The summed E-state index contributed by atoms with van der Waals surface area (Å²) in [7, 11) is 1.37. The molecule has 5 heteroatoms. The molecule has 2 rings (SSSR count). The summed E-state index contributed by atoms with van der Waals surface area (Å²) >= 11 is 5.44. The Kier molecular flexibility index (Phi) is 6.53. The third-order valence-corrected chi connectivity index (χ3v) is 4.41. The van der Waals surface area contributed by atoms with Crippen LogP contribution in [0, 0.1) is 13.8 Å². The summed E-state index contributed by atoms with van der Waals surface area (Å²) in [6.45, 7) is 6.34. The highest BCUT2D eigenvalue weighted by Crippen LogP contribution is 2.20. The summed E-state index contributed by atoms with van der Waals surface area (Å²) in [5, 5.41) is 7.00. The Morgan fingerprint density at radius 1 is 1.16 bits per heavy atom. The highest BCUT2D eigenvalue weighted by Gasteiger charge is 2.12. The van der Waals surface area contributed by atoms with Crippen molar-refractivity contribution < 1.29 is 9.53 Å². The van der Waals surface area contributed by atoms with Gasteiger partial charge in [0.25, 0.3) is 0 Å². The molecule has 0 aliphatic heterocycles. The van der Waals surface area contributed by atoms with Crippen LogP contribution in [0.15, 0.2) is 42.5 Å². The van der Waals surface area contributed by atoms with Gasteiger partial charge in [0.15, 0.2) is 5.11 Å². The molecule has 2 aromatic carbocycles. The standard InChI is InChI=1S/C20H24N2O2S/c1-5-18(15-10-9-13(2)14(3)11-15)22-20(25)21-17-8-6-7-16(12-17)19(23)24-4/h6-12,18H,5H2,1-4H3,(H2,21,22,25)/t18-/m0/s1. The van der Waals surface area contributed by atoms with Gasteiger partial charge in [-0.3, -0.25) is 0 Å². The summed E-state index contributed by atoms with van der Waals surface area (Å²) in [4.78, 5) is 11.6. The molecule has 0 spiro atoms. The summed E-state index contributed by atoms with van der Waals surface area (Å²) in [6, 6.07) is 13.7. The van der Waals surface area contributed by atoms with Crippen LogP contribution in [0.5, 0.6) is 0 Å². The summed E-state index contributed by atoms with van der Waals surface area (Å²) in [6.07, 6.45) is 0.909. The highest BCUT2D eigenvalue weighted by atomic mass is 32.1. The Hall–Kier alpha value is -2.40. The van der Waals surface area contributed by atoms with Crippen molar-refractivity contribution in [2.75, 3.05) is 12.4 Å². The Balaban J connectivity index is 2.07. The molecule has 132 valence electrons. The zero-order valence-electron chi connectivity index (χ0n) is 15.1. The summed E-state index contributed by atoms with van der Waals surface area (Å²) in [5.74, 6) is -0.371. The van der Waals surface area contributed by atoms with Gasteiger partial charge < -0.3 is 15.4 Å². The van der Waals surface area contributed by atoms with E-state index in [2.05, 4.69) is 49.6 Å². The number of methoxy groups -OCH3 is 1. The van der Waals surface area contributed by atoms with Gasteiger partial charge in [0.1, 0.15) is 0 Å². The molecule has 25 heavy (non-hydrogen) atoms. The molecule has 0 radical (unpaired) electrons. The predicted molar refractivity (Wildman–Crippen MR) is 106 cm³/mol. The number of rotatable bonds is 5. The first-order chi connectivity index (χ1) is 11.9. The number of ether oxygens (including phenoxy) is 1. The fraction of sp³-hybridized carbons (Fsp3) is 0.300. The fourth-order valence-corrected chi connectivity index (χ4v) is 2.83. The van der Waals surface area contributed by atoms with E-state index in [1.54, 1.807) is 18.2 Å². The number of hydrogen-bond acceptors (Lipinski definition) is 3. The van der Waals surface area contributed by atoms with E-state index in [9.17, 15) is 4.79 Å². The number of carbonyl (C=O) groups is 1. The molecule has 0 unspecified atom stereocenters. The lowest BCUT2D eigenvalue weighted by Crippen LogP contribution is -2.32. The first-order valence-electron chi connectivity index (χ1n) is 8.27. The van der Waals surface area contributed by atoms with Crippen LogP contribution in [0.25, 0.3) is 0 Å². The number of carbonyl (C=O) groups excluding carboxylic acids is 1. The third kappa shape index (κ3) is 5.03. The van der Waals surface area contributed by atoms with Crippen molar-refractivity contribution in [3.05, 3.63) is 64.7 Å². The van der Waals surface area contributed by atoms with E-state index < -0.39 is 0 Å². The van der Waals surface area contributed by atoms with Crippen molar-refractivity contribution in [3.8, 4) is 0 Å². The molecule has 0 bridgehead atoms. The Bertz CT molecular complexity index is 774. The van der Waals surface area contributed by atoms with E-state index in [4.69, 9.17) is 17.0 Å². The minimum Gasteiger partial charge on any atom is -0.465 e. The van der Waals surface area contributed by atoms with E-state index >= 15 is 0 Å². The van der Waals surface area contributed by atoms with Crippen molar-refractivity contribution in [1.29, 1.82) is 0 Å². The molecular weight excluding hydrogens is 332 g/mol. The average molecular weight is 356 g/mol. The lowest BCUT2D eigenvalue weighted by molar-refractivity contribution is 0.0601. The van der Waals surface area contributed by atoms with E-state index in [1.807, 2.05) is 6.07 Å². The van der Waals surface area contributed by atoms with E-state index in [0.717, 1.165) is 12.1 Å². The molecule has 0 saturated heterocycles. The SMILES string of the molecule is CC[C@H](NC(=S)Nc1cccc(C(=O)OC)c1)c1ccc(C)c(C)c1. The van der Waals surface area contributed by atoms with Crippen molar-refractivity contribution in [3.63, 3.8) is 0 Å². The second-order valence-corrected chi connectivity index (χ2v) is 6.38. The second kappa shape index (κ2) is 8.62. The quantitative estimate of drug-likeness (QED) is 0.609. The highest BCUT2D eigenvalue weighted by molar-refractivity contribution is 7.80. The molecule has 4 nitrogen and oxygen atoms in total. The Morgan fingerprint density at radius 2 is 1.92 bits per heavy atom. The maximum absolute atomic E-state index is 11.6. The number of esters is 1. The van der Waals surface area contributed by atoms with Gasteiger partial charge in [-0.2, -0.15) is 0 Å². The van der Waals surface area contributed by atoms with Crippen LogP contribution in [0.3, 0.4) is 0 Å². The third-order valence-electron chi connectivity index (χ3n) is 4.19. The lowest BCUT2D eigenvalue weighted by atomic mass is 9.99. The molecule has 0 heterocycles. The van der Waals surface area contributed by atoms with Crippen molar-refractivity contribution in [2.45, 2.75) is 33.2 Å². The minimum absolute atomic E-state index is 0.128.